The van der Waals surface area contributed by atoms with Crippen molar-refractivity contribution in [1.29, 1.82) is 0 Å². The summed E-state index contributed by atoms with van der Waals surface area (Å²) in [4.78, 5) is 12.3. The molecule has 0 unspecified atom stereocenters. The molecule has 1 aliphatic rings. The summed E-state index contributed by atoms with van der Waals surface area (Å²) in [5.74, 6) is 0.706. The van der Waals surface area contributed by atoms with E-state index in [-0.39, 0.29) is 11.6 Å². The van der Waals surface area contributed by atoms with Crippen LogP contribution in [0.1, 0.15) is 58.4 Å². The van der Waals surface area contributed by atoms with Crippen molar-refractivity contribution in [2.75, 3.05) is 0 Å². The minimum absolute atomic E-state index is 0.197. The number of alkyl carbamates (subject to hydrolysis) is 1. The van der Waals surface area contributed by atoms with Gasteiger partial charge in [-0.15, -0.1) is 6.58 Å². The van der Waals surface area contributed by atoms with E-state index in [1.54, 1.807) is 0 Å². The van der Waals surface area contributed by atoms with Crippen molar-refractivity contribution >= 4 is 6.09 Å². The minimum atomic E-state index is -0.324. The first-order valence-corrected chi connectivity index (χ1v) is 8.94. The van der Waals surface area contributed by atoms with E-state index in [1.807, 2.05) is 36.4 Å². The van der Waals surface area contributed by atoms with Crippen molar-refractivity contribution in [3.8, 4) is 0 Å². The zero-order valence-electron chi connectivity index (χ0n) is 15.3. The zero-order chi connectivity index (χ0) is 17.6. The molecule has 24 heavy (non-hydrogen) atoms. The molecule has 1 N–H and O–H groups in total. The number of ether oxygens (including phenoxy) is 1. The standard InChI is InChI=1S/C21H31NO2/c1-5-13-21(14-11-18(12-15-21)20(2,3)4)22-19(23)24-16-17-9-7-6-8-10-17/h5-10,18H,1,11-16H2,2-4H3,(H,22,23). The van der Waals surface area contributed by atoms with Gasteiger partial charge in [0, 0.05) is 5.54 Å². The second-order valence-corrected chi connectivity index (χ2v) is 8.10. The zero-order valence-corrected chi connectivity index (χ0v) is 15.3. The van der Waals surface area contributed by atoms with Gasteiger partial charge in [0.25, 0.3) is 0 Å². The Morgan fingerprint density at radius 2 is 1.92 bits per heavy atom. The molecule has 2 rings (SSSR count). The fourth-order valence-corrected chi connectivity index (χ4v) is 3.67. The maximum Gasteiger partial charge on any atom is 0.407 e. The first kappa shape index (κ1) is 18.6. The van der Waals surface area contributed by atoms with Gasteiger partial charge in [0.2, 0.25) is 0 Å². The van der Waals surface area contributed by atoms with E-state index >= 15 is 0 Å². The third-order valence-corrected chi connectivity index (χ3v) is 5.28. The predicted molar refractivity (Wildman–Crippen MR) is 98.7 cm³/mol. The molecule has 1 saturated carbocycles. The topological polar surface area (TPSA) is 38.3 Å². The van der Waals surface area contributed by atoms with E-state index in [1.165, 1.54) is 0 Å². The third-order valence-electron chi connectivity index (χ3n) is 5.28. The van der Waals surface area contributed by atoms with Gasteiger partial charge in [-0.3, -0.25) is 0 Å². The van der Waals surface area contributed by atoms with Crippen LogP contribution in [-0.2, 0) is 11.3 Å². The minimum Gasteiger partial charge on any atom is -0.445 e. The number of hydrogen-bond donors (Lipinski definition) is 1. The average molecular weight is 329 g/mol. The van der Waals surface area contributed by atoms with E-state index in [4.69, 9.17) is 4.74 Å². The van der Waals surface area contributed by atoms with E-state index < -0.39 is 0 Å². The Bertz CT molecular complexity index is 537. The number of rotatable bonds is 5. The number of carbonyl (C=O) groups excluding carboxylic acids is 1. The number of benzene rings is 1. The maximum absolute atomic E-state index is 12.3. The smallest absolute Gasteiger partial charge is 0.407 e. The van der Waals surface area contributed by atoms with Crippen molar-refractivity contribution in [3.63, 3.8) is 0 Å². The fourth-order valence-electron chi connectivity index (χ4n) is 3.67. The number of nitrogens with one attached hydrogen (secondary N) is 1. The van der Waals surface area contributed by atoms with Gasteiger partial charge in [0.1, 0.15) is 6.61 Å². The predicted octanol–water partition coefficient (Wildman–Crippen LogP) is 5.46. The fraction of sp³-hybridized carbons (Fsp3) is 0.571. The molecule has 0 aliphatic heterocycles. The van der Waals surface area contributed by atoms with Crippen LogP contribution in [0.5, 0.6) is 0 Å². The lowest BCUT2D eigenvalue weighted by molar-refractivity contribution is 0.0919. The van der Waals surface area contributed by atoms with Gasteiger partial charge in [-0.1, -0.05) is 57.2 Å². The van der Waals surface area contributed by atoms with E-state index in [0.717, 1.165) is 37.7 Å². The molecule has 0 spiro atoms. The largest absolute Gasteiger partial charge is 0.445 e. The Hall–Kier alpha value is -1.77. The van der Waals surface area contributed by atoms with E-state index in [9.17, 15) is 4.79 Å². The molecule has 0 bridgehead atoms. The summed E-state index contributed by atoms with van der Waals surface area (Å²) in [6, 6.07) is 9.77. The summed E-state index contributed by atoms with van der Waals surface area (Å²) in [6.45, 7) is 11.1. The van der Waals surface area contributed by atoms with Crippen LogP contribution in [-0.4, -0.2) is 11.6 Å². The van der Waals surface area contributed by atoms with Crippen LogP contribution < -0.4 is 5.32 Å². The number of amides is 1. The molecule has 0 atom stereocenters. The van der Waals surface area contributed by atoms with Crippen LogP contribution in [0.15, 0.2) is 43.0 Å². The summed E-state index contributed by atoms with van der Waals surface area (Å²) in [5.41, 5.74) is 1.13. The molecule has 1 aromatic carbocycles. The Balaban J connectivity index is 1.91. The normalized spacial score (nSPS) is 24.2. The summed E-state index contributed by atoms with van der Waals surface area (Å²) in [6.07, 6.45) is 6.63. The highest BCUT2D eigenvalue weighted by molar-refractivity contribution is 5.68. The van der Waals surface area contributed by atoms with Crippen molar-refractivity contribution in [2.24, 2.45) is 11.3 Å². The second kappa shape index (κ2) is 7.87. The first-order valence-electron chi connectivity index (χ1n) is 8.94. The second-order valence-electron chi connectivity index (χ2n) is 8.10. The molecule has 1 fully saturated rings. The number of carbonyl (C=O) groups is 1. The summed E-state index contributed by atoms with van der Waals surface area (Å²) in [5, 5.41) is 3.14. The van der Waals surface area contributed by atoms with Crippen molar-refractivity contribution in [2.45, 2.75) is 65.0 Å². The van der Waals surface area contributed by atoms with Crippen molar-refractivity contribution in [3.05, 3.63) is 48.6 Å². The average Bonchev–Trinajstić information content (AvgIpc) is 2.54. The Morgan fingerprint density at radius 1 is 1.29 bits per heavy atom. The van der Waals surface area contributed by atoms with Gasteiger partial charge in [-0.25, -0.2) is 4.79 Å². The van der Waals surface area contributed by atoms with E-state index in [0.29, 0.717) is 17.9 Å². The Morgan fingerprint density at radius 3 is 2.46 bits per heavy atom. The molecule has 132 valence electrons. The summed E-state index contributed by atoms with van der Waals surface area (Å²) < 4.78 is 5.41. The molecule has 1 aliphatic carbocycles. The molecule has 3 nitrogen and oxygen atoms in total. The molecule has 3 heteroatoms. The van der Waals surface area contributed by atoms with Crippen LogP contribution in [0.3, 0.4) is 0 Å². The van der Waals surface area contributed by atoms with Gasteiger partial charge in [0.15, 0.2) is 0 Å². The summed E-state index contributed by atoms with van der Waals surface area (Å²) >= 11 is 0. The Kier molecular flexibility index (Phi) is 6.09. The van der Waals surface area contributed by atoms with Crippen LogP contribution in [0.4, 0.5) is 4.79 Å². The summed E-state index contributed by atoms with van der Waals surface area (Å²) in [7, 11) is 0. The lowest BCUT2D eigenvalue weighted by Gasteiger charge is -2.44. The molecule has 0 heterocycles. The molecule has 0 radical (unpaired) electrons. The van der Waals surface area contributed by atoms with Crippen molar-refractivity contribution in [1.82, 2.24) is 5.32 Å². The Labute approximate surface area is 146 Å². The lowest BCUT2D eigenvalue weighted by Crippen LogP contribution is -2.51. The quantitative estimate of drug-likeness (QED) is 0.728. The van der Waals surface area contributed by atoms with Gasteiger partial charge < -0.3 is 10.1 Å². The first-order chi connectivity index (χ1) is 11.3. The van der Waals surface area contributed by atoms with Crippen LogP contribution in [0.2, 0.25) is 0 Å². The van der Waals surface area contributed by atoms with E-state index in [2.05, 4.69) is 32.7 Å². The highest BCUT2D eigenvalue weighted by atomic mass is 16.5. The third kappa shape index (κ3) is 5.12. The SMILES string of the molecule is C=CCC1(NC(=O)OCc2ccccc2)CCC(C(C)(C)C)CC1. The molecule has 1 aromatic rings. The molecule has 0 saturated heterocycles. The maximum atomic E-state index is 12.3. The van der Waals surface area contributed by atoms with Crippen LogP contribution in [0, 0.1) is 11.3 Å². The molecule has 0 aromatic heterocycles. The highest BCUT2D eigenvalue weighted by Crippen LogP contribution is 2.42. The lowest BCUT2D eigenvalue weighted by atomic mass is 9.66. The van der Waals surface area contributed by atoms with Gasteiger partial charge >= 0.3 is 6.09 Å². The highest BCUT2D eigenvalue weighted by Gasteiger charge is 2.39. The molecular formula is C21H31NO2. The molecule has 1 amide bonds. The molecular weight excluding hydrogens is 298 g/mol. The van der Waals surface area contributed by atoms with Crippen LogP contribution >= 0.6 is 0 Å². The monoisotopic (exact) mass is 329 g/mol. The van der Waals surface area contributed by atoms with Crippen LogP contribution in [0.25, 0.3) is 0 Å². The van der Waals surface area contributed by atoms with Gasteiger partial charge in [-0.2, -0.15) is 0 Å². The van der Waals surface area contributed by atoms with Crippen molar-refractivity contribution < 1.29 is 9.53 Å². The van der Waals surface area contributed by atoms with Gasteiger partial charge in [-0.05, 0) is 49.0 Å². The van der Waals surface area contributed by atoms with Gasteiger partial charge in [0.05, 0.1) is 0 Å². The number of hydrogen-bond acceptors (Lipinski definition) is 2.